The summed E-state index contributed by atoms with van der Waals surface area (Å²) in [5, 5.41) is 0. The third-order valence-corrected chi connectivity index (χ3v) is 4.05. The van der Waals surface area contributed by atoms with E-state index in [4.69, 9.17) is 4.74 Å². The molecule has 0 bridgehead atoms. The lowest BCUT2D eigenvalue weighted by molar-refractivity contribution is -0.928. The summed E-state index contributed by atoms with van der Waals surface area (Å²) in [5.74, 6) is 0. The molecule has 1 fully saturated rings. The number of ether oxygens (including phenoxy) is 1. The van der Waals surface area contributed by atoms with Crippen LogP contribution in [0, 0.1) is 0 Å². The molecular weight excluding hydrogens is 234 g/mol. The zero-order chi connectivity index (χ0) is 14.0. The van der Waals surface area contributed by atoms with Crippen molar-refractivity contribution in [3.63, 3.8) is 0 Å². The largest absolute Gasteiger partial charge is 0.367 e. The maximum absolute atomic E-state index is 5.48. The highest BCUT2D eigenvalue weighted by molar-refractivity contribution is 4.81. The number of nitrogens with zero attached hydrogens (tertiary/aromatic N) is 1. The third-order valence-electron chi connectivity index (χ3n) is 4.05. The Morgan fingerprint density at radius 2 is 1.58 bits per heavy atom. The fourth-order valence-electron chi connectivity index (χ4n) is 3.07. The van der Waals surface area contributed by atoms with Crippen LogP contribution in [0.25, 0.3) is 0 Å². The monoisotopic (exact) mass is 268 g/mol. The second-order valence-corrected chi connectivity index (χ2v) is 6.05. The van der Waals surface area contributed by atoms with Gasteiger partial charge in [-0.05, 0) is 19.3 Å². The van der Waals surface area contributed by atoms with Crippen molar-refractivity contribution in [3.8, 4) is 0 Å². The molecule has 0 saturated carbocycles. The van der Waals surface area contributed by atoms with Crippen molar-refractivity contribution in [3.05, 3.63) is 12.2 Å². The normalized spacial score (nSPS) is 19.2. The van der Waals surface area contributed by atoms with E-state index in [0.29, 0.717) is 6.10 Å². The number of hydrogen-bond donors (Lipinski definition) is 0. The van der Waals surface area contributed by atoms with Crippen molar-refractivity contribution in [2.75, 3.05) is 32.8 Å². The van der Waals surface area contributed by atoms with Gasteiger partial charge in [-0.25, -0.2) is 0 Å². The van der Waals surface area contributed by atoms with Gasteiger partial charge in [0.25, 0.3) is 0 Å². The van der Waals surface area contributed by atoms with Crippen LogP contribution in [0.1, 0.15) is 59.3 Å². The lowest BCUT2D eigenvalue weighted by Crippen LogP contribution is -2.52. The zero-order valence-corrected chi connectivity index (χ0v) is 13.4. The molecule has 0 radical (unpaired) electrons. The van der Waals surface area contributed by atoms with Crippen molar-refractivity contribution in [2.24, 2.45) is 0 Å². The van der Waals surface area contributed by atoms with Crippen molar-refractivity contribution in [2.45, 2.75) is 65.4 Å². The minimum Gasteiger partial charge on any atom is -0.367 e. The first-order valence-corrected chi connectivity index (χ1v) is 8.38. The van der Waals surface area contributed by atoms with Gasteiger partial charge in [0.2, 0.25) is 0 Å². The molecule has 1 heterocycles. The topological polar surface area (TPSA) is 12.5 Å². The molecule has 19 heavy (non-hydrogen) atoms. The van der Waals surface area contributed by atoms with E-state index in [-0.39, 0.29) is 0 Å². The highest BCUT2D eigenvalue weighted by atomic mass is 16.6. The van der Waals surface area contributed by atoms with Crippen LogP contribution in [0.5, 0.6) is 0 Å². The molecule has 1 aliphatic heterocycles. The Bertz CT molecular complexity index is 240. The maximum Gasteiger partial charge on any atom is 0.130 e. The molecule has 0 aliphatic carbocycles. The van der Waals surface area contributed by atoms with Gasteiger partial charge in [0.05, 0.1) is 26.2 Å². The Hall–Kier alpha value is -0.340. The van der Waals surface area contributed by atoms with Gasteiger partial charge < -0.3 is 9.22 Å². The molecule has 0 aromatic heterocycles. The highest BCUT2D eigenvalue weighted by Crippen LogP contribution is 2.20. The molecule has 112 valence electrons. The lowest BCUT2D eigenvalue weighted by atomic mass is 10.2. The fraction of sp³-hybridized carbons (Fsp3) is 0.882. The molecule has 1 atom stereocenters. The smallest absolute Gasteiger partial charge is 0.130 e. The molecule has 1 aliphatic rings. The standard InChI is InChI=1S/C17H34NO/c1-4-7-8-9-10-11-14-18(12-5-2,13-6-3)15-17-16-19-17/h9-10,17H,4-8,11-16H2,1-3H3/q+1/b10-9+. The molecule has 2 heteroatoms. The molecule has 0 spiro atoms. The molecule has 0 aromatic carbocycles. The first-order chi connectivity index (χ1) is 9.26. The van der Waals surface area contributed by atoms with Gasteiger partial charge >= 0.3 is 0 Å². The Balaban J connectivity index is 2.39. The number of hydrogen-bond acceptors (Lipinski definition) is 1. The molecule has 1 unspecified atom stereocenters. The van der Waals surface area contributed by atoms with E-state index in [1.807, 2.05) is 0 Å². The Morgan fingerprint density at radius 1 is 0.947 bits per heavy atom. The van der Waals surface area contributed by atoms with Crippen molar-refractivity contribution < 1.29 is 9.22 Å². The summed E-state index contributed by atoms with van der Waals surface area (Å²) >= 11 is 0. The van der Waals surface area contributed by atoms with Gasteiger partial charge in [0, 0.05) is 6.42 Å². The molecule has 2 nitrogen and oxygen atoms in total. The summed E-state index contributed by atoms with van der Waals surface area (Å²) in [6.45, 7) is 13.1. The van der Waals surface area contributed by atoms with E-state index in [1.54, 1.807) is 0 Å². The van der Waals surface area contributed by atoms with Crippen LogP contribution < -0.4 is 0 Å². The van der Waals surface area contributed by atoms with Gasteiger partial charge in [0.1, 0.15) is 12.6 Å². The van der Waals surface area contributed by atoms with Gasteiger partial charge in [-0.1, -0.05) is 45.8 Å². The van der Waals surface area contributed by atoms with Gasteiger partial charge in [-0.2, -0.15) is 0 Å². The third kappa shape index (κ3) is 7.12. The molecule has 0 N–H and O–H groups in total. The first kappa shape index (κ1) is 16.7. The van der Waals surface area contributed by atoms with Crippen LogP contribution in [0.3, 0.4) is 0 Å². The summed E-state index contributed by atoms with van der Waals surface area (Å²) in [6.07, 6.45) is 13.0. The van der Waals surface area contributed by atoms with Gasteiger partial charge in [0.15, 0.2) is 0 Å². The second-order valence-electron chi connectivity index (χ2n) is 6.05. The van der Waals surface area contributed by atoms with Crippen LogP contribution in [0.15, 0.2) is 12.2 Å². The van der Waals surface area contributed by atoms with E-state index < -0.39 is 0 Å². The molecule has 1 saturated heterocycles. The van der Waals surface area contributed by atoms with Crippen molar-refractivity contribution in [1.82, 2.24) is 0 Å². The average Bonchev–Trinajstić information content (AvgIpc) is 3.18. The van der Waals surface area contributed by atoms with Gasteiger partial charge in [-0.15, -0.1) is 0 Å². The minimum absolute atomic E-state index is 0.558. The molecule has 0 aromatic rings. The van der Waals surface area contributed by atoms with E-state index in [1.165, 1.54) is 69.2 Å². The summed E-state index contributed by atoms with van der Waals surface area (Å²) in [6, 6.07) is 0. The predicted molar refractivity (Wildman–Crippen MR) is 83.3 cm³/mol. The first-order valence-electron chi connectivity index (χ1n) is 8.38. The summed E-state index contributed by atoms with van der Waals surface area (Å²) in [4.78, 5) is 0. The number of allylic oxidation sites excluding steroid dienone is 1. The zero-order valence-electron chi connectivity index (χ0n) is 13.4. The van der Waals surface area contributed by atoms with Crippen molar-refractivity contribution >= 4 is 0 Å². The van der Waals surface area contributed by atoms with Crippen LogP contribution in [-0.2, 0) is 4.74 Å². The maximum atomic E-state index is 5.48. The molecule has 1 rings (SSSR count). The minimum atomic E-state index is 0.558. The second kappa shape index (κ2) is 9.55. The summed E-state index contributed by atoms with van der Waals surface area (Å²) in [5.41, 5.74) is 0. The van der Waals surface area contributed by atoms with E-state index >= 15 is 0 Å². The quantitative estimate of drug-likeness (QED) is 0.224. The lowest BCUT2D eigenvalue weighted by Gasteiger charge is -2.38. The van der Waals surface area contributed by atoms with Crippen LogP contribution >= 0.6 is 0 Å². The van der Waals surface area contributed by atoms with Gasteiger partial charge in [-0.3, -0.25) is 0 Å². The number of quaternary nitrogens is 1. The molecular formula is C17H34NO+. The highest BCUT2D eigenvalue weighted by Gasteiger charge is 2.35. The molecule has 0 amide bonds. The van der Waals surface area contributed by atoms with E-state index in [9.17, 15) is 0 Å². The SMILES string of the molecule is CCCC/C=C/CC[N+](CCC)(CCC)CC1CO1. The van der Waals surface area contributed by atoms with Crippen molar-refractivity contribution in [1.29, 1.82) is 0 Å². The van der Waals surface area contributed by atoms with E-state index in [2.05, 4.69) is 32.9 Å². The van der Waals surface area contributed by atoms with Crippen LogP contribution in [0.4, 0.5) is 0 Å². The number of rotatable bonds is 12. The Labute approximate surface area is 120 Å². The summed E-state index contributed by atoms with van der Waals surface area (Å²) < 4.78 is 6.76. The fourth-order valence-corrected chi connectivity index (χ4v) is 3.07. The van der Waals surface area contributed by atoms with Crippen LogP contribution in [-0.4, -0.2) is 43.4 Å². The Morgan fingerprint density at radius 3 is 2.11 bits per heavy atom. The predicted octanol–water partition coefficient (Wildman–Crippen LogP) is 4.16. The van der Waals surface area contributed by atoms with E-state index in [0.717, 1.165) is 6.61 Å². The Kier molecular flexibility index (Phi) is 8.40. The average molecular weight is 268 g/mol. The van der Waals surface area contributed by atoms with Crippen LogP contribution in [0.2, 0.25) is 0 Å². The summed E-state index contributed by atoms with van der Waals surface area (Å²) in [7, 11) is 0. The number of epoxide rings is 1. The number of unbranched alkanes of at least 4 members (excludes halogenated alkanes) is 2.